The summed E-state index contributed by atoms with van der Waals surface area (Å²) in [6, 6.07) is 7.08. The highest BCUT2D eigenvalue weighted by Gasteiger charge is 1.87. The van der Waals surface area contributed by atoms with Crippen LogP contribution in [0.2, 0.25) is 0 Å². The molecule has 0 saturated heterocycles. The van der Waals surface area contributed by atoms with Crippen molar-refractivity contribution in [3.8, 4) is 0 Å². The lowest BCUT2D eigenvalue weighted by Gasteiger charge is -1.90. The Morgan fingerprint density at radius 3 is 2.40 bits per heavy atom. The van der Waals surface area contributed by atoms with Gasteiger partial charge in [-0.15, -0.1) is 0 Å². The minimum Gasteiger partial charge on any atom is -0.352 e. The number of nitrogens with zero attached hydrogens (tertiary/aromatic N) is 2. The predicted molar refractivity (Wildman–Crippen MR) is 63.7 cm³/mol. The van der Waals surface area contributed by atoms with Crippen LogP contribution in [-0.4, -0.2) is 16.0 Å². The number of aromatic nitrogens is 2. The first kappa shape index (κ1) is 13.2. The minimum atomic E-state index is -0.833. The molecule has 6 heteroatoms. The number of para-hydroxylation sites is 1. The van der Waals surface area contributed by atoms with E-state index in [1.165, 1.54) is 0 Å². The van der Waals surface area contributed by atoms with Crippen molar-refractivity contribution in [3.05, 3.63) is 36.8 Å². The van der Waals surface area contributed by atoms with Gasteiger partial charge in [-0.1, -0.05) is 18.2 Å². The molecule has 2 rings (SSSR count). The Balaban J connectivity index is 0.000000346. The predicted octanol–water partition coefficient (Wildman–Crippen LogP) is 0.766. The van der Waals surface area contributed by atoms with Gasteiger partial charge in [0.05, 0.1) is 5.52 Å². The van der Waals surface area contributed by atoms with Crippen LogP contribution in [0.1, 0.15) is 0 Å². The molecule has 0 aliphatic rings. The molecule has 80 valence electrons. The fraction of sp³-hybridized carbons (Fsp3) is 0. The van der Waals surface area contributed by atoms with Gasteiger partial charge in [0, 0.05) is 11.6 Å². The molecular formula is C9H12N4OS. The number of fused-ring (bicyclic) bond motifs is 1. The lowest BCUT2D eigenvalue weighted by Crippen LogP contribution is -2.18. The summed E-state index contributed by atoms with van der Waals surface area (Å²) in [6.45, 7) is 0. The monoisotopic (exact) mass is 224 g/mol. The number of carbonyl (C=O) groups is 1. The van der Waals surface area contributed by atoms with Gasteiger partial charge in [-0.25, -0.2) is 14.8 Å². The quantitative estimate of drug-likeness (QED) is 0.691. The van der Waals surface area contributed by atoms with Crippen LogP contribution < -0.4 is 11.5 Å². The van der Waals surface area contributed by atoms with E-state index in [0.717, 1.165) is 10.9 Å². The molecule has 0 aliphatic heterocycles. The largest absolute Gasteiger partial charge is 0.352 e. The number of rotatable bonds is 0. The second-order valence-electron chi connectivity index (χ2n) is 2.48. The van der Waals surface area contributed by atoms with E-state index in [4.69, 9.17) is 4.79 Å². The number of primary amides is 2. The SMILES string of the molecule is NC(N)=O.S.c1ccc2ncncc2c1. The lowest BCUT2D eigenvalue weighted by atomic mass is 10.2. The molecule has 4 N–H and O–H groups in total. The number of carbonyl (C=O) groups excluding carboxylic acids is 1. The van der Waals surface area contributed by atoms with Crippen molar-refractivity contribution in [3.63, 3.8) is 0 Å². The summed E-state index contributed by atoms with van der Waals surface area (Å²) >= 11 is 0. The van der Waals surface area contributed by atoms with Crippen molar-refractivity contribution in [2.24, 2.45) is 11.5 Å². The zero-order valence-electron chi connectivity index (χ0n) is 7.92. The summed E-state index contributed by atoms with van der Waals surface area (Å²) in [7, 11) is 0. The van der Waals surface area contributed by atoms with Gasteiger partial charge in [-0.2, -0.15) is 13.5 Å². The summed E-state index contributed by atoms with van der Waals surface area (Å²) < 4.78 is 0. The van der Waals surface area contributed by atoms with Crippen LogP contribution in [0.3, 0.4) is 0 Å². The van der Waals surface area contributed by atoms with Gasteiger partial charge in [0.15, 0.2) is 0 Å². The second kappa shape index (κ2) is 6.61. The van der Waals surface area contributed by atoms with Crippen LogP contribution in [0.5, 0.6) is 0 Å². The average Bonchev–Trinajstić information content (AvgIpc) is 2.17. The van der Waals surface area contributed by atoms with Crippen molar-refractivity contribution >= 4 is 30.4 Å². The molecule has 0 radical (unpaired) electrons. The van der Waals surface area contributed by atoms with Crippen molar-refractivity contribution in [2.75, 3.05) is 0 Å². The van der Waals surface area contributed by atoms with Crippen molar-refractivity contribution in [1.82, 2.24) is 9.97 Å². The van der Waals surface area contributed by atoms with Crippen LogP contribution >= 0.6 is 13.5 Å². The van der Waals surface area contributed by atoms with Crippen LogP contribution in [0.25, 0.3) is 10.9 Å². The molecule has 0 aliphatic carbocycles. The maximum absolute atomic E-state index is 9.00. The van der Waals surface area contributed by atoms with Gasteiger partial charge in [-0.05, 0) is 6.07 Å². The molecule has 0 unspecified atom stereocenters. The Bertz CT molecular complexity index is 366. The Hall–Kier alpha value is -1.82. The summed E-state index contributed by atoms with van der Waals surface area (Å²) in [4.78, 5) is 17.0. The molecule has 0 atom stereocenters. The third-order valence-electron chi connectivity index (χ3n) is 1.41. The van der Waals surface area contributed by atoms with E-state index < -0.39 is 6.03 Å². The van der Waals surface area contributed by atoms with E-state index in [-0.39, 0.29) is 13.5 Å². The lowest BCUT2D eigenvalue weighted by molar-refractivity contribution is 0.256. The summed E-state index contributed by atoms with van der Waals surface area (Å²) in [5.41, 5.74) is 9.50. The van der Waals surface area contributed by atoms with Gasteiger partial charge in [0.2, 0.25) is 0 Å². The maximum atomic E-state index is 9.00. The number of hydrogen-bond acceptors (Lipinski definition) is 3. The fourth-order valence-corrected chi connectivity index (χ4v) is 0.923. The Morgan fingerprint density at radius 2 is 1.80 bits per heavy atom. The zero-order valence-corrected chi connectivity index (χ0v) is 8.92. The van der Waals surface area contributed by atoms with Crippen molar-refractivity contribution in [1.29, 1.82) is 0 Å². The van der Waals surface area contributed by atoms with Gasteiger partial charge in [0.25, 0.3) is 0 Å². The second-order valence-corrected chi connectivity index (χ2v) is 2.48. The van der Waals surface area contributed by atoms with E-state index in [1.807, 2.05) is 30.5 Å². The summed E-state index contributed by atoms with van der Waals surface area (Å²) in [5.74, 6) is 0. The summed E-state index contributed by atoms with van der Waals surface area (Å²) in [5, 5.41) is 1.09. The molecule has 1 heterocycles. The highest BCUT2D eigenvalue weighted by molar-refractivity contribution is 7.59. The van der Waals surface area contributed by atoms with Crippen molar-refractivity contribution in [2.45, 2.75) is 0 Å². The van der Waals surface area contributed by atoms with Gasteiger partial charge in [-0.3, -0.25) is 0 Å². The average molecular weight is 224 g/mol. The molecule has 0 saturated carbocycles. The summed E-state index contributed by atoms with van der Waals surface area (Å²) in [6.07, 6.45) is 3.37. The first-order valence-electron chi connectivity index (χ1n) is 3.90. The van der Waals surface area contributed by atoms with Crippen LogP contribution in [0.15, 0.2) is 36.8 Å². The zero-order chi connectivity index (χ0) is 10.4. The van der Waals surface area contributed by atoms with E-state index >= 15 is 0 Å². The molecule has 15 heavy (non-hydrogen) atoms. The normalized spacial score (nSPS) is 8.27. The Morgan fingerprint density at radius 1 is 1.20 bits per heavy atom. The first-order chi connectivity index (χ1) is 6.70. The third kappa shape index (κ3) is 4.82. The number of urea groups is 1. The molecule has 2 aromatic rings. The Kier molecular flexibility index (Phi) is 5.81. The van der Waals surface area contributed by atoms with Crippen molar-refractivity contribution < 1.29 is 4.79 Å². The molecule has 5 nitrogen and oxygen atoms in total. The highest BCUT2D eigenvalue weighted by atomic mass is 32.1. The number of amides is 2. The molecule has 2 amide bonds. The smallest absolute Gasteiger partial charge is 0.309 e. The maximum Gasteiger partial charge on any atom is 0.309 e. The van der Waals surface area contributed by atoms with Crippen LogP contribution in [0.4, 0.5) is 4.79 Å². The number of hydrogen-bond donors (Lipinski definition) is 2. The minimum absolute atomic E-state index is 0. The molecular weight excluding hydrogens is 212 g/mol. The van der Waals surface area contributed by atoms with Gasteiger partial charge < -0.3 is 11.5 Å². The van der Waals surface area contributed by atoms with Crippen LogP contribution in [-0.2, 0) is 0 Å². The van der Waals surface area contributed by atoms with E-state index in [0.29, 0.717) is 0 Å². The van der Waals surface area contributed by atoms with E-state index in [2.05, 4.69) is 21.4 Å². The topological polar surface area (TPSA) is 94.9 Å². The Labute approximate surface area is 94.0 Å². The molecule has 0 fully saturated rings. The first-order valence-corrected chi connectivity index (χ1v) is 3.90. The van der Waals surface area contributed by atoms with Crippen LogP contribution in [0, 0.1) is 0 Å². The van der Waals surface area contributed by atoms with E-state index in [9.17, 15) is 0 Å². The molecule has 1 aromatic heterocycles. The molecule has 1 aromatic carbocycles. The molecule has 0 bridgehead atoms. The van der Waals surface area contributed by atoms with E-state index in [1.54, 1.807) is 6.33 Å². The standard InChI is InChI=1S/C8H6N2.CH4N2O.H2S/c1-2-4-8-7(3-1)5-9-6-10-8;2-1(3)4;/h1-6H;(H4,2,3,4);1H2. The highest BCUT2D eigenvalue weighted by Crippen LogP contribution is 2.06. The number of benzene rings is 1. The molecule has 0 spiro atoms. The third-order valence-corrected chi connectivity index (χ3v) is 1.41. The van der Waals surface area contributed by atoms with Gasteiger partial charge in [0.1, 0.15) is 6.33 Å². The van der Waals surface area contributed by atoms with Gasteiger partial charge >= 0.3 is 6.03 Å². The number of nitrogens with two attached hydrogens (primary N) is 2. The fourth-order valence-electron chi connectivity index (χ4n) is 0.923.